The van der Waals surface area contributed by atoms with Crippen molar-refractivity contribution in [1.29, 1.82) is 0 Å². The third-order valence-corrected chi connectivity index (χ3v) is 6.42. The summed E-state index contributed by atoms with van der Waals surface area (Å²) >= 11 is 0. The van der Waals surface area contributed by atoms with Crippen molar-refractivity contribution in [1.82, 2.24) is 0 Å². The molecular weight excluding hydrogens is 257 g/mol. The Morgan fingerprint density at radius 1 is 1.18 bits per heavy atom. The first kappa shape index (κ1) is 14.1. The highest BCUT2D eigenvalue weighted by Gasteiger charge is 2.19. The summed E-state index contributed by atoms with van der Waals surface area (Å²) in [4.78, 5) is 0.229. The van der Waals surface area contributed by atoms with Gasteiger partial charge in [0.25, 0.3) is 0 Å². The van der Waals surface area contributed by atoms with Gasteiger partial charge in [0, 0.05) is 4.15 Å². The zero-order valence-corrected chi connectivity index (χ0v) is 12.0. The Hall–Kier alpha value is -0.930. The first-order valence-electron chi connectivity index (χ1n) is 5.40. The zero-order valence-electron chi connectivity index (χ0n) is 10.3. The van der Waals surface area contributed by atoms with E-state index in [1.54, 1.807) is 19.2 Å². The lowest BCUT2D eigenvalue weighted by atomic mass is 10.3. The van der Waals surface area contributed by atoms with Gasteiger partial charge in [-0.1, -0.05) is 0 Å². The van der Waals surface area contributed by atoms with Crippen LogP contribution < -0.4 is 4.74 Å². The van der Waals surface area contributed by atoms with Gasteiger partial charge in [0.05, 0.1) is 12.0 Å². The highest BCUT2D eigenvalue weighted by Crippen LogP contribution is 2.29. The van der Waals surface area contributed by atoms with Gasteiger partial charge in [-0.2, -0.15) is 8.42 Å². The SMILES string of the molecule is CC[P+](CC)=NS(=O)(=O)c1ccc(OC)cc1. The first-order chi connectivity index (χ1) is 8.03. The monoisotopic (exact) mass is 274 g/mol. The van der Waals surface area contributed by atoms with E-state index in [0.717, 1.165) is 12.3 Å². The minimum absolute atomic E-state index is 0.229. The van der Waals surface area contributed by atoms with E-state index in [1.807, 2.05) is 13.8 Å². The van der Waals surface area contributed by atoms with Crippen molar-refractivity contribution in [3.05, 3.63) is 24.3 Å². The lowest BCUT2D eigenvalue weighted by Crippen LogP contribution is -1.96. The van der Waals surface area contributed by atoms with Crippen LogP contribution in [0.4, 0.5) is 0 Å². The molecule has 17 heavy (non-hydrogen) atoms. The molecule has 0 amide bonds. The van der Waals surface area contributed by atoms with Crippen molar-refractivity contribution < 1.29 is 13.2 Å². The average molecular weight is 274 g/mol. The van der Waals surface area contributed by atoms with Gasteiger partial charge in [-0.3, -0.25) is 0 Å². The number of hydrogen-bond acceptors (Lipinski definition) is 3. The van der Waals surface area contributed by atoms with E-state index < -0.39 is 17.7 Å². The second-order valence-corrected chi connectivity index (χ2v) is 7.72. The fourth-order valence-corrected chi connectivity index (χ4v) is 4.73. The molecule has 0 atom stereocenters. The fraction of sp³-hybridized carbons (Fsp3) is 0.455. The molecule has 1 aromatic carbocycles. The third-order valence-electron chi connectivity index (χ3n) is 2.31. The van der Waals surface area contributed by atoms with Crippen LogP contribution in [0.2, 0.25) is 0 Å². The lowest BCUT2D eigenvalue weighted by molar-refractivity contribution is 0.414. The van der Waals surface area contributed by atoms with Crippen molar-refractivity contribution in [3.8, 4) is 5.75 Å². The summed E-state index contributed by atoms with van der Waals surface area (Å²) in [7, 11) is -2.74. The minimum Gasteiger partial charge on any atom is -0.497 e. The molecule has 0 N–H and O–H groups in total. The summed E-state index contributed by atoms with van der Waals surface area (Å²) < 4.78 is 32.9. The molecule has 0 bridgehead atoms. The normalized spacial score (nSPS) is 11.0. The minimum atomic E-state index is -3.51. The smallest absolute Gasteiger partial charge is 0.316 e. The first-order valence-corrected chi connectivity index (χ1v) is 8.51. The Balaban J connectivity index is 3.09. The fourth-order valence-electron chi connectivity index (χ4n) is 1.29. The predicted octanol–water partition coefficient (Wildman–Crippen LogP) is 3.09. The summed E-state index contributed by atoms with van der Waals surface area (Å²) in [5.41, 5.74) is 0. The Morgan fingerprint density at radius 3 is 2.12 bits per heavy atom. The van der Waals surface area contributed by atoms with Crippen LogP contribution in [0.15, 0.2) is 33.3 Å². The standard InChI is InChI=1S/C11H17NO3PS/c1-4-16(5-2)12-17(13,14)11-8-6-10(15-3)7-9-11/h6-9H,4-5H2,1-3H3/q+1. The van der Waals surface area contributed by atoms with E-state index >= 15 is 0 Å². The summed E-state index contributed by atoms with van der Waals surface area (Å²) in [6, 6.07) is 6.30. The van der Waals surface area contributed by atoms with Crippen LogP contribution in [-0.2, 0) is 10.0 Å². The molecule has 0 unspecified atom stereocenters. The molecule has 0 saturated heterocycles. The maximum atomic E-state index is 12.0. The van der Waals surface area contributed by atoms with E-state index in [1.165, 1.54) is 12.1 Å². The van der Waals surface area contributed by atoms with Gasteiger partial charge in [-0.15, -0.1) is 0 Å². The van der Waals surface area contributed by atoms with Gasteiger partial charge in [0.15, 0.2) is 0 Å². The predicted molar refractivity (Wildman–Crippen MR) is 70.6 cm³/mol. The van der Waals surface area contributed by atoms with E-state index in [-0.39, 0.29) is 4.90 Å². The van der Waals surface area contributed by atoms with Gasteiger partial charge in [0.1, 0.15) is 18.1 Å². The molecule has 0 fully saturated rings. The van der Waals surface area contributed by atoms with Gasteiger partial charge in [-0.25, -0.2) is 0 Å². The molecule has 0 aromatic heterocycles. The molecule has 0 spiro atoms. The Bertz CT molecular complexity index is 488. The number of benzene rings is 1. The molecule has 6 heteroatoms. The van der Waals surface area contributed by atoms with E-state index in [4.69, 9.17) is 4.74 Å². The van der Waals surface area contributed by atoms with Crippen LogP contribution in [0.25, 0.3) is 0 Å². The number of rotatable bonds is 5. The molecule has 0 aliphatic heterocycles. The summed E-state index contributed by atoms with van der Waals surface area (Å²) in [5, 5.41) is 0. The topological polar surface area (TPSA) is 55.7 Å². The van der Waals surface area contributed by atoms with Crippen molar-refractivity contribution >= 4 is 17.7 Å². The summed E-state index contributed by atoms with van der Waals surface area (Å²) in [6.07, 6.45) is 1.59. The highest BCUT2D eigenvalue weighted by atomic mass is 32.2. The second kappa shape index (κ2) is 6.12. The van der Waals surface area contributed by atoms with Gasteiger partial charge < -0.3 is 4.74 Å². The third kappa shape index (κ3) is 3.79. The molecule has 0 radical (unpaired) electrons. The number of ether oxygens (including phenoxy) is 1. The molecule has 0 aliphatic carbocycles. The Morgan fingerprint density at radius 2 is 1.71 bits per heavy atom. The Kier molecular flexibility index (Phi) is 5.09. The largest absolute Gasteiger partial charge is 0.497 e. The van der Waals surface area contributed by atoms with Crippen molar-refractivity contribution in [2.24, 2.45) is 4.15 Å². The van der Waals surface area contributed by atoms with Crippen LogP contribution in [-0.4, -0.2) is 27.9 Å². The molecule has 0 saturated carbocycles. The maximum absolute atomic E-state index is 12.0. The van der Waals surface area contributed by atoms with Crippen LogP contribution in [0, 0.1) is 0 Å². The molecule has 4 nitrogen and oxygen atoms in total. The molecule has 1 rings (SSSR count). The van der Waals surface area contributed by atoms with E-state index in [2.05, 4.69) is 4.15 Å². The molecular formula is C11H17NO3PS+. The zero-order chi connectivity index (χ0) is 12.9. The summed E-state index contributed by atoms with van der Waals surface area (Å²) in [6.45, 7) is 3.92. The van der Waals surface area contributed by atoms with E-state index in [0.29, 0.717) is 5.75 Å². The van der Waals surface area contributed by atoms with Crippen molar-refractivity contribution in [2.45, 2.75) is 18.7 Å². The van der Waals surface area contributed by atoms with Crippen molar-refractivity contribution in [3.63, 3.8) is 0 Å². The van der Waals surface area contributed by atoms with E-state index in [9.17, 15) is 8.42 Å². The van der Waals surface area contributed by atoms with Crippen molar-refractivity contribution in [2.75, 3.05) is 19.4 Å². The Labute approximate surface area is 104 Å². The number of hydrogen-bond donors (Lipinski definition) is 0. The summed E-state index contributed by atoms with van der Waals surface area (Å²) in [5.74, 6) is 0.636. The number of sulfonamides is 1. The number of methoxy groups -OCH3 is 1. The second-order valence-electron chi connectivity index (χ2n) is 3.37. The average Bonchev–Trinajstić information content (AvgIpc) is 2.36. The molecule has 1 aromatic rings. The van der Waals surface area contributed by atoms with Crippen LogP contribution in [0.5, 0.6) is 5.75 Å². The highest BCUT2D eigenvalue weighted by molar-refractivity contribution is 7.92. The molecule has 0 heterocycles. The van der Waals surface area contributed by atoms with Gasteiger partial charge in [-0.05, 0) is 38.1 Å². The number of nitrogens with zero attached hydrogens (tertiary/aromatic N) is 1. The molecule has 0 aliphatic rings. The van der Waals surface area contributed by atoms with Gasteiger partial charge >= 0.3 is 10.0 Å². The van der Waals surface area contributed by atoms with Crippen LogP contribution >= 0.6 is 7.71 Å². The lowest BCUT2D eigenvalue weighted by Gasteiger charge is -2.00. The van der Waals surface area contributed by atoms with Crippen LogP contribution in [0.3, 0.4) is 0 Å². The maximum Gasteiger partial charge on any atom is 0.316 e. The van der Waals surface area contributed by atoms with Crippen LogP contribution in [0.1, 0.15) is 13.8 Å². The quantitative estimate of drug-likeness (QED) is 0.775. The molecule has 94 valence electrons. The van der Waals surface area contributed by atoms with Gasteiger partial charge in [0.2, 0.25) is 7.71 Å².